The molecule has 4 rings (SSSR count). The largest absolute Gasteiger partial charge is 0.391 e. The van der Waals surface area contributed by atoms with Gasteiger partial charge in [-0.1, -0.05) is 11.2 Å². The molecular formula is C20H25N5O4. The van der Waals surface area contributed by atoms with Gasteiger partial charge in [-0.15, -0.1) is 0 Å². The summed E-state index contributed by atoms with van der Waals surface area (Å²) in [5.41, 5.74) is 0.984. The smallest absolute Gasteiger partial charge is 0.229 e. The van der Waals surface area contributed by atoms with Gasteiger partial charge >= 0.3 is 0 Å². The zero-order valence-electron chi connectivity index (χ0n) is 16.1. The van der Waals surface area contributed by atoms with Crippen molar-refractivity contribution in [1.29, 1.82) is 0 Å². The summed E-state index contributed by atoms with van der Waals surface area (Å²) in [4.78, 5) is 32.9. The average molecular weight is 399 g/mol. The Bertz CT molecular complexity index is 852. The van der Waals surface area contributed by atoms with Crippen LogP contribution in [-0.2, 0) is 22.6 Å². The Balaban J connectivity index is 1.20. The maximum atomic E-state index is 12.4. The normalized spacial score (nSPS) is 23.7. The number of hydrogen-bond donors (Lipinski definition) is 3. The SMILES string of the molecule is O=C(CCc1cccnc1)N[C@@H]1C[C@H](C(=O)NCc2noc(C3CC3)n2)C[C@H]1O. The summed E-state index contributed by atoms with van der Waals surface area (Å²) in [6.45, 7) is 0.198. The van der Waals surface area contributed by atoms with Crippen LogP contribution in [0.25, 0.3) is 0 Å². The highest BCUT2D eigenvalue weighted by Gasteiger charge is 2.37. The molecule has 0 radical (unpaired) electrons. The lowest BCUT2D eigenvalue weighted by Gasteiger charge is -2.16. The quantitative estimate of drug-likeness (QED) is 0.600. The van der Waals surface area contributed by atoms with Crippen molar-refractivity contribution in [2.75, 3.05) is 0 Å². The minimum absolute atomic E-state index is 0.140. The Labute approximate surface area is 168 Å². The molecular weight excluding hydrogens is 374 g/mol. The number of amides is 2. The molecule has 2 aromatic heterocycles. The Hall–Kier alpha value is -2.81. The first kappa shape index (κ1) is 19.5. The molecule has 2 aliphatic rings. The zero-order valence-corrected chi connectivity index (χ0v) is 16.1. The van der Waals surface area contributed by atoms with E-state index in [4.69, 9.17) is 4.52 Å². The third-order valence-corrected chi connectivity index (χ3v) is 5.44. The van der Waals surface area contributed by atoms with Crippen LogP contribution >= 0.6 is 0 Å². The van der Waals surface area contributed by atoms with Crippen molar-refractivity contribution in [1.82, 2.24) is 25.8 Å². The van der Waals surface area contributed by atoms with Gasteiger partial charge < -0.3 is 20.3 Å². The summed E-state index contributed by atoms with van der Waals surface area (Å²) < 4.78 is 5.18. The van der Waals surface area contributed by atoms with Gasteiger partial charge in [0.2, 0.25) is 17.7 Å². The highest BCUT2D eigenvalue weighted by atomic mass is 16.5. The van der Waals surface area contributed by atoms with Crippen LogP contribution in [0.3, 0.4) is 0 Å². The minimum Gasteiger partial charge on any atom is -0.391 e. The summed E-state index contributed by atoms with van der Waals surface area (Å²) in [5, 5.41) is 19.8. The monoisotopic (exact) mass is 399 g/mol. The number of aryl methyl sites for hydroxylation is 1. The summed E-state index contributed by atoms with van der Waals surface area (Å²) in [7, 11) is 0. The average Bonchev–Trinajstić information content (AvgIpc) is 3.36. The topological polar surface area (TPSA) is 130 Å². The molecule has 0 aliphatic heterocycles. The Kier molecular flexibility index (Phi) is 5.84. The Morgan fingerprint density at radius 2 is 2.14 bits per heavy atom. The van der Waals surface area contributed by atoms with Crippen molar-refractivity contribution >= 4 is 11.8 Å². The summed E-state index contributed by atoms with van der Waals surface area (Å²) >= 11 is 0. The fraction of sp³-hybridized carbons (Fsp3) is 0.550. The molecule has 2 aliphatic carbocycles. The molecule has 0 saturated heterocycles. The van der Waals surface area contributed by atoms with Gasteiger partial charge in [0.1, 0.15) is 0 Å². The number of aromatic nitrogens is 3. The van der Waals surface area contributed by atoms with Crippen LogP contribution in [0, 0.1) is 5.92 Å². The third-order valence-electron chi connectivity index (χ3n) is 5.44. The van der Waals surface area contributed by atoms with Crippen LogP contribution in [0.4, 0.5) is 0 Å². The molecule has 154 valence electrons. The lowest BCUT2D eigenvalue weighted by molar-refractivity contribution is -0.125. The van der Waals surface area contributed by atoms with Crippen LogP contribution in [0.1, 0.15) is 55.3 Å². The van der Waals surface area contributed by atoms with E-state index < -0.39 is 12.1 Å². The standard InChI is InChI=1S/C20H25N5O4/c26-16-9-14(19(28)22-11-17-24-20(29-25-17)13-4-5-13)8-15(16)23-18(27)6-3-12-2-1-7-21-10-12/h1-2,7,10,13-16,26H,3-6,8-9,11H2,(H,22,28)(H,23,27)/t14-,15+,16+/m0/s1. The Morgan fingerprint density at radius 3 is 2.90 bits per heavy atom. The summed E-state index contributed by atoms with van der Waals surface area (Å²) in [6.07, 6.45) is 6.45. The predicted octanol–water partition coefficient (Wildman–Crippen LogP) is 0.847. The number of pyridine rings is 1. The first-order valence-electron chi connectivity index (χ1n) is 10.0. The highest BCUT2D eigenvalue weighted by Crippen LogP contribution is 2.38. The van der Waals surface area contributed by atoms with Crippen LogP contribution in [-0.4, -0.2) is 44.2 Å². The number of carbonyl (C=O) groups is 2. The van der Waals surface area contributed by atoms with Crippen molar-refractivity contribution < 1.29 is 19.2 Å². The van der Waals surface area contributed by atoms with E-state index in [0.29, 0.717) is 43.3 Å². The molecule has 2 heterocycles. The van der Waals surface area contributed by atoms with Crippen molar-refractivity contribution in [2.45, 2.75) is 63.1 Å². The number of rotatable bonds is 8. The fourth-order valence-corrected chi connectivity index (χ4v) is 3.61. The molecule has 0 spiro atoms. The van der Waals surface area contributed by atoms with Gasteiger partial charge in [0.25, 0.3) is 0 Å². The van der Waals surface area contributed by atoms with E-state index in [1.165, 1.54) is 0 Å². The first-order chi connectivity index (χ1) is 14.1. The Morgan fingerprint density at radius 1 is 1.28 bits per heavy atom. The molecule has 9 nitrogen and oxygen atoms in total. The summed E-state index contributed by atoms with van der Waals surface area (Å²) in [6, 6.07) is 3.33. The fourth-order valence-electron chi connectivity index (χ4n) is 3.61. The van der Waals surface area contributed by atoms with Crippen LogP contribution in [0.2, 0.25) is 0 Å². The molecule has 2 amide bonds. The van der Waals surface area contributed by atoms with Gasteiger partial charge in [-0.25, -0.2) is 0 Å². The molecule has 2 aromatic rings. The van der Waals surface area contributed by atoms with Crippen LogP contribution in [0.5, 0.6) is 0 Å². The van der Waals surface area contributed by atoms with Crippen molar-refractivity contribution in [3.63, 3.8) is 0 Å². The van der Waals surface area contributed by atoms with Crippen molar-refractivity contribution in [3.8, 4) is 0 Å². The summed E-state index contributed by atoms with van der Waals surface area (Å²) in [5.74, 6) is 0.800. The van der Waals surface area contributed by atoms with Crippen LogP contribution < -0.4 is 10.6 Å². The molecule has 0 unspecified atom stereocenters. The number of aliphatic hydroxyl groups is 1. The van der Waals surface area contributed by atoms with Gasteiger partial charge in [0.15, 0.2) is 5.82 Å². The number of carbonyl (C=O) groups excluding carboxylic acids is 2. The third kappa shape index (κ3) is 5.17. The van der Waals surface area contributed by atoms with Crippen LogP contribution in [0.15, 0.2) is 29.0 Å². The van der Waals surface area contributed by atoms with E-state index in [0.717, 1.165) is 18.4 Å². The molecule has 29 heavy (non-hydrogen) atoms. The number of hydrogen-bond acceptors (Lipinski definition) is 7. The second-order valence-electron chi connectivity index (χ2n) is 7.81. The molecule has 2 fully saturated rings. The molecule has 0 aromatic carbocycles. The molecule has 3 N–H and O–H groups in total. The second kappa shape index (κ2) is 8.69. The highest BCUT2D eigenvalue weighted by molar-refractivity contribution is 5.80. The number of nitrogens with zero attached hydrogens (tertiary/aromatic N) is 3. The molecule has 0 bridgehead atoms. The van der Waals surface area contributed by atoms with Gasteiger partial charge in [0, 0.05) is 30.7 Å². The lowest BCUT2D eigenvalue weighted by atomic mass is 10.1. The lowest BCUT2D eigenvalue weighted by Crippen LogP contribution is -2.40. The van der Waals surface area contributed by atoms with Crippen molar-refractivity contribution in [3.05, 3.63) is 41.8 Å². The van der Waals surface area contributed by atoms with E-state index in [1.54, 1.807) is 12.4 Å². The molecule has 2 saturated carbocycles. The maximum absolute atomic E-state index is 12.4. The molecule has 9 heteroatoms. The van der Waals surface area contributed by atoms with Crippen molar-refractivity contribution in [2.24, 2.45) is 5.92 Å². The maximum Gasteiger partial charge on any atom is 0.229 e. The van der Waals surface area contributed by atoms with Gasteiger partial charge in [-0.3, -0.25) is 14.6 Å². The molecule has 3 atom stereocenters. The van der Waals surface area contributed by atoms with E-state index in [9.17, 15) is 14.7 Å². The number of nitrogens with one attached hydrogen (secondary N) is 2. The van der Waals surface area contributed by atoms with Gasteiger partial charge in [-0.2, -0.15) is 4.98 Å². The van der Waals surface area contributed by atoms with E-state index in [2.05, 4.69) is 25.8 Å². The number of aliphatic hydroxyl groups excluding tert-OH is 1. The first-order valence-corrected chi connectivity index (χ1v) is 10.0. The van der Waals surface area contributed by atoms with E-state index in [-0.39, 0.29) is 24.3 Å². The second-order valence-corrected chi connectivity index (χ2v) is 7.81. The minimum atomic E-state index is -0.736. The van der Waals surface area contributed by atoms with E-state index >= 15 is 0 Å². The predicted molar refractivity (Wildman–Crippen MR) is 101 cm³/mol. The van der Waals surface area contributed by atoms with Gasteiger partial charge in [0.05, 0.1) is 18.7 Å². The van der Waals surface area contributed by atoms with Gasteiger partial charge in [-0.05, 0) is 43.7 Å². The van der Waals surface area contributed by atoms with E-state index in [1.807, 2.05) is 12.1 Å². The zero-order chi connectivity index (χ0) is 20.2.